The molecule has 1 fully saturated rings. The first kappa shape index (κ1) is 24.7. The van der Waals surface area contributed by atoms with Gasteiger partial charge in [-0.3, -0.25) is 4.79 Å². The van der Waals surface area contributed by atoms with E-state index >= 15 is 0 Å². The summed E-state index contributed by atoms with van der Waals surface area (Å²) in [5, 5.41) is 7.28. The molecule has 1 aromatic heterocycles. The summed E-state index contributed by atoms with van der Waals surface area (Å²) < 4.78 is 35.8. The molecule has 0 aliphatic carbocycles. The van der Waals surface area contributed by atoms with Gasteiger partial charge in [0.15, 0.2) is 6.61 Å². The van der Waals surface area contributed by atoms with Gasteiger partial charge in [-0.25, -0.2) is 4.98 Å². The van der Waals surface area contributed by atoms with E-state index in [9.17, 15) is 13.6 Å². The number of hydrogen-bond donors (Lipinski definition) is 2. The number of nitrogens with one attached hydrogen (secondary N) is 2. The van der Waals surface area contributed by atoms with Gasteiger partial charge in [-0.15, -0.1) is 0 Å². The third-order valence-corrected chi connectivity index (χ3v) is 5.84. The highest BCUT2D eigenvalue weighted by Gasteiger charge is 2.24. The second kappa shape index (κ2) is 10.0. The van der Waals surface area contributed by atoms with E-state index in [-0.39, 0.29) is 18.3 Å². The van der Waals surface area contributed by atoms with Crippen LogP contribution in [0.1, 0.15) is 26.3 Å². The molecule has 35 heavy (non-hydrogen) atoms. The number of piperazine rings is 1. The molecule has 9 heteroatoms. The van der Waals surface area contributed by atoms with Gasteiger partial charge >= 0.3 is 6.11 Å². The monoisotopic (exact) mass is 484 g/mol. The Bertz CT molecular complexity index is 1200. The highest BCUT2D eigenvalue weighted by Crippen LogP contribution is 2.27. The summed E-state index contributed by atoms with van der Waals surface area (Å²) in [6.45, 7) is 8.65. The van der Waals surface area contributed by atoms with E-state index in [1.807, 2.05) is 25.1 Å². The number of ether oxygens (including phenoxy) is 2. The SMILES string of the molecule is Cc1cc(N2C[C@@H](C)NC[C@@H]2C)nc2ccc(NC(=O)COc3ccc(OC(C)(F)F)cc3)cc12. The van der Waals surface area contributed by atoms with Crippen molar-refractivity contribution in [3.05, 3.63) is 54.1 Å². The normalized spacial score (nSPS) is 18.4. The number of amides is 1. The summed E-state index contributed by atoms with van der Waals surface area (Å²) in [5.74, 6) is 1.00. The van der Waals surface area contributed by atoms with Crippen LogP contribution >= 0.6 is 0 Å². The predicted molar refractivity (Wildman–Crippen MR) is 133 cm³/mol. The molecule has 4 rings (SSSR count). The largest absolute Gasteiger partial charge is 0.484 e. The maximum Gasteiger partial charge on any atom is 0.394 e. The van der Waals surface area contributed by atoms with E-state index in [1.54, 1.807) is 0 Å². The highest BCUT2D eigenvalue weighted by atomic mass is 19.3. The molecule has 0 saturated carbocycles. The van der Waals surface area contributed by atoms with E-state index in [0.717, 1.165) is 35.4 Å². The van der Waals surface area contributed by atoms with Crippen molar-refractivity contribution in [2.24, 2.45) is 0 Å². The molecular weight excluding hydrogens is 454 g/mol. The maximum absolute atomic E-state index is 12.9. The fraction of sp³-hybridized carbons (Fsp3) is 0.385. The summed E-state index contributed by atoms with van der Waals surface area (Å²) >= 11 is 0. The number of fused-ring (bicyclic) bond motifs is 1. The molecule has 1 saturated heterocycles. The van der Waals surface area contributed by atoms with Gasteiger partial charge in [0, 0.05) is 43.2 Å². The van der Waals surface area contributed by atoms with Gasteiger partial charge in [0.25, 0.3) is 5.91 Å². The van der Waals surface area contributed by atoms with Crippen molar-refractivity contribution in [2.45, 2.75) is 45.9 Å². The lowest BCUT2D eigenvalue weighted by molar-refractivity contribution is -0.158. The number of anilines is 2. The van der Waals surface area contributed by atoms with Gasteiger partial charge in [0.1, 0.15) is 17.3 Å². The predicted octanol–water partition coefficient (Wildman–Crippen LogP) is 4.74. The van der Waals surface area contributed by atoms with Crippen molar-refractivity contribution in [1.29, 1.82) is 0 Å². The summed E-state index contributed by atoms with van der Waals surface area (Å²) in [6.07, 6.45) is -3.26. The average Bonchev–Trinajstić information content (AvgIpc) is 2.79. The van der Waals surface area contributed by atoms with Crippen molar-refractivity contribution in [1.82, 2.24) is 10.3 Å². The van der Waals surface area contributed by atoms with Gasteiger partial charge in [-0.2, -0.15) is 8.78 Å². The second-order valence-electron chi connectivity index (χ2n) is 9.06. The topological polar surface area (TPSA) is 75.7 Å². The molecular formula is C26H30F2N4O3. The molecule has 3 aromatic rings. The molecule has 2 atom stereocenters. The molecule has 0 unspecified atom stereocenters. The fourth-order valence-corrected chi connectivity index (χ4v) is 4.10. The Balaban J connectivity index is 1.39. The van der Waals surface area contributed by atoms with Crippen molar-refractivity contribution < 1.29 is 23.0 Å². The van der Waals surface area contributed by atoms with Crippen LogP contribution in [-0.4, -0.2) is 48.8 Å². The van der Waals surface area contributed by atoms with Crippen molar-refractivity contribution >= 4 is 28.3 Å². The minimum Gasteiger partial charge on any atom is -0.484 e. The number of alkyl halides is 2. The van der Waals surface area contributed by atoms with Crippen LogP contribution in [0.4, 0.5) is 20.3 Å². The van der Waals surface area contributed by atoms with Gasteiger partial charge in [-0.05, 0) is 74.9 Å². The van der Waals surface area contributed by atoms with E-state index in [4.69, 9.17) is 9.72 Å². The first-order valence-electron chi connectivity index (χ1n) is 11.6. The number of carbonyl (C=O) groups is 1. The lowest BCUT2D eigenvalue weighted by Gasteiger charge is -2.38. The van der Waals surface area contributed by atoms with Gasteiger partial charge < -0.3 is 25.0 Å². The molecule has 1 amide bonds. The van der Waals surface area contributed by atoms with Crippen LogP contribution in [0, 0.1) is 6.92 Å². The number of halogens is 2. The van der Waals surface area contributed by atoms with Crippen LogP contribution in [0.15, 0.2) is 48.5 Å². The number of aromatic nitrogens is 1. The molecule has 1 aliphatic rings. The van der Waals surface area contributed by atoms with Gasteiger partial charge in [-0.1, -0.05) is 0 Å². The smallest absolute Gasteiger partial charge is 0.394 e. The summed E-state index contributed by atoms with van der Waals surface area (Å²) in [4.78, 5) is 19.6. The molecule has 186 valence electrons. The van der Waals surface area contributed by atoms with Crippen LogP contribution in [0.3, 0.4) is 0 Å². The van der Waals surface area contributed by atoms with Crippen molar-refractivity contribution in [3.63, 3.8) is 0 Å². The highest BCUT2D eigenvalue weighted by molar-refractivity contribution is 5.95. The third-order valence-electron chi connectivity index (χ3n) is 5.84. The first-order chi connectivity index (χ1) is 16.6. The molecule has 0 bridgehead atoms. The molecule has 2 aromatic carbocycles. The van der Waals surface area contributed by atoms with Gasteiger partial charge in [0.2, 0.25) is 0 Å². The zero-order chi connectivity index (χ0) is 25.2. The summed E-state index contributed by atoms with van der Waals surface area (Å²) in [6, 6.07) is 14.1. The Morgan fingerprint density at radius 1 is 1.17 bits per heavy atom. The molecule has 1 aliphatic heterocycles. The minimum absolute atomic E-state index is 0.0125. The van der Waals surface area contributed by atoms with Crippen LogP contribution in [-0.2, 0) is 4.79 Å². The van der Waals surface area contributed by atoms with Crippen LogP contribution in [0.25, 0.3) is 10.9 Å². The summed E-state index contributed by atoms with van der Waals surface area (Å²) in [7, 11) is 0. The number of rotatable bonds is 7. The Morgan fingerprint density at radius 2 is 1.89 bits per heavy atom. The molecule has 0 radical (unpaired) electrons. The van der Waals surface area contributed by atoms with Gasteiger partial charge in [0.05, 0.1) is 5.52 Å². The van der Waals surface area contributed by atoms with Crippen LogP contribution < -0.4 is 25.0 Å². The number of aryl methyl sites for hydroxylation is 1. The van der Waals surface area contributed by atoms with E-state index in [0.29, 0.717) is 30.4 Å². The molecule has 0 spiro atoms. The zero-order valence-electron chi connectivity index (χ0n) is 20.3. The van der Waals surface area contributed by atoms with E-state index in [2.05, 4.69) is 40.2 Å². The Morgan fingerprint density at radius 3 is 2.60 bits per heavy atom. The molecule has 2 N–H and O–H groups in total. The Hall–Kier alpha value is -3.46. The van der Waals surface area contributed by atoms with Crippen LogP contribution in [0.5, 0.6) is 11.5 Å². The number of pyridine rings is 1. The average molecular weight is 485 g/mol. The molecule has 2 heterocycles. The fourth-order valence-electron chi connectivity index (χ4n) is 4.10. The van der Waals surface area contributed by atoms with E-state index in [1.165, 1.54) is 24.3 Å². The van der Waals surface area contributed by atoms with Crippen LogP contribution in [0.2, 0.25) is 0 Å². The second-order valence-corrected chi connectivity index (χ2v) is 9.06. The standard InChI is InChI=1S/C26H30F2N4O3/c1-16-11-24(32-14-17(2)29-13-18(32)3)31-23-10-5-19(12-22(16)23)30-25(33)15-34-20-6-8-21(9-7-20)35-26(4,27)28/h5-12,17-18,29H,13-15H2,1-4H3,(H,30,33)/t17-,18+/m1/s1. The minimum atomic E-state index is -3.26. The quantitative estimate of drug-likeness (QED) is 0.505. The third kappa shape index (κ3) is 6.36. The summed E-state index contributed by atoms with van der Waals surface area (Å²) in [5.41, 5.74) is 2.59. The lowest BCUT2D eigenvalue weighted by Crippen LogP contribution is -2.54. The number of benzene rings is 2. The number of nitrogens with zero attached hydrogens (tertiary/aromatic N) is 2. The van der Waals surface area contributed by atoms with E-state index < -0.39 is 6.11 Å². The lowest BCUT2D eigenvalue weighted by atomic mass is 10.1. The maximum atomic E-state index is 12.9. The Kier molecular flexibility index (Phi) is 7.07. The first-order valence-corrected chi connectivity index (χ1v) is 11.6. The van der Waals surface area contributed by atoms with Crippen molar-refractivity contribution in [2.75, 3.05) is 29.9 Å². The number of hydrogen-bond acceptors (Lipinski definition) is 6. The zero-order valence-corrected chi connectivity index (χ0v) is 20.3. The Labute approximate surface area is 203 Å². The van der Waals surface area contributed by atoms with Crippen molar-refractivity contribution in [3.8, 4) is 11.5 Å². The number of carbonyl (C=O) groups excluding carboxylic acids is 1. The molecule has 7 nitrogen and oxygen atoms in total.